The average molecular weight is 320 g/mol. The molecular weight excluding hydrogens is 309 g/mol. The molecule has 0 radical (unpaired) electrons. The quantitative estimate of drug-likeness (QED) is 0.675. The van der Waals surface area contributed by atoms with E-state index in [-0.39, 0.29) is 33.7 Å². The maximum Gasteiger partial charge on any atom is 0.271 e. The van der Waals surface area contributed by atoms with E-state index in [2.05, 4.69) is 5.32 Å². The van der Waals surface area contributed by atoms with Gasteiger partial charge in [0.25, 0.3) is 11.6 Å². The summed E-state index contributed by atoms with van der Waals surface area (Å²) in [5, 5.41) is 12.8. The minimum Gasteiger partial charge on any atom is -0.347 e. The van der Waals surface area contributed by atoms with Gasteiger partial charge in [-0.05, 0) is 0 Å². The van der Waals surface area contributed by atoms with Crippen LogP contribution in [0, 0.1) is 10.1 Å². The summed E-state index contributed by atoms with van der Waals surface area (Å²) in [6.07, 6.45) is 0. The van der Waals surface area contributed by atoms with Gasteiger partial charge in [-0.15, -0.1) is 0 Å². The number of amides is 2. The van der Waals surface area contributed by atoms with Gasteiger partial charge >= 0.3 is 0 Å². The van der Waals surface area contributed by atoms with Crippen molar-refractivity contribution in [2.75, 3.05) is 20.6 Å². The summed E-state index contributed by atoms with van der Waals surface area (Å²) in [6.45, 7) is -0.248. The molecule has 1 aromatic rings. The Kier molecular flexibility index (Phi) is 5.29. The zero-order chi connectivity index (χ0) is 15.4. The predicted octanol–water partition coefficient (Wildman–Crippen LogP) is 1.72. The average Bonchev–Trinajstić information content (AvgIpc) is 2.37. The first-order valence-corrected chi connectivity index (χ1v) is 6.11. The van der Waals surface area contributed by atoms with Gasteiger partial charge in [0.1, 0.15) is 0 Å². The molecule has 0 spiro atoms. The monoisotopic (exact) mass is 319 g/mol. The number of halogens is 2. The summed E-state index contributed by atoms with van der Waals surface area (Å²) in [4.78, 5) is 34.5. The van der Waals surface area contributed by atoms with E-state index in [4.69, 9.17) is 23.2 Å². The number of carbonyl (C=O) groups excluding carboxylic acids is 2. The highest BCUT2D eigenvalue weighted by Gasteiger charge is 2.20. The second-order valence-corrected chi connectivity index (χ2v) is 4.80. The van der Waals surface area contributed by atoms with E-state index in [9.17, 15) is 19.7 Å². The lowest BCUT2D eigenvalue weighted by Gasteiger charge is -2.11. The van der Waals surface area contributed by atoms with Crippen molar-refractivity contribution in [3.05, 3.63) is 37.9 Å². The zero-order valence-electron chi connectivity index (χ0n) is 10.6. The van der Waals surface area contributed by atoms with E-state index in [1.807, 2.05) is 0 Å². The normalized spacial score (nSPS) is 10.0. The molecule has 1 aromatic carbocycles. The van der Waals surface area contributed by atoms with Gasteiger partial charge in [0.05, 0.1) is 27.1 Å². The van der Waals surface area contributed by atoms with E-state index in [1.54, 1.807) is 0 Å². The van der Waals surface area contributed by atoms with Crippen molar-refractivity contribution < 1.29 is 14.5 Å². The molecule has 9 heteroatoms. The molecule has 7 nitrogen and oxygen atoms in total. The van der Waals surface area contributed by atoms with Crippen LogP contribution in [-0.4, -0.2) is 42.3 Å². The minimum atomic E-state index is -0.712. The summed E-state index contributed by atoms with van der Waals surface area (Å²) in [7, 11) is 3.07. The van der Waals surface area contributed by atoms with Crippen molar-refractivity contribution in [1.29, 1.82) is 0 Å². The summed E-state index contributed by atoms with van der Waals surface area (Å²) < 4.78 is 0. The number of hydrogen-bond donors (Lipinski definition) is 1. The molecule has 0 unspecified atom stereocenters. The number of benzene rings is 1. The molecule has 0 aromatic heterocycles. The Bertz CT molecular complexity index is 575. The summed E-state index contributed by atoms with van der Waals surface area (Å²) >= 11 is 11.6. The molecule has 0 heterocycles. The third-order valence-electron chi connectivity index (χ3n) is 2.37. The van der Waals surface area contributed by atoms with Gasteiger partial charge in [0.15, 0.2) is 0 Å². The van der Waals surface area contributed by atoms with Crippen molar-refractivity contribution in [3.63, 3.8) is 0 Å². The SMILES string of the molecule is CN(C)C(=O)CNC(=O)c1cc([N+](=O)[O-])cc(Cl)c1Cl. The lowest BCUT2D eigenvalue weighted by atomic mass is 10.2. The Hall–Kier alpha value is -1.86. The van der Waals surface area contributed by atoms with Gasteiger partial charge in [-0.2, -0.15) is 0 Å². The van der Waals surface area contributed by atoms with Crippen LogP contribution in [0.15, 0.2) is 12.1 Å². The molecule has 0 fully saturated rings. The molecule has 0 atom stereocenters. The van der Waals surface area contributed by atoms with Crippen LogP contribution in [0.25, 0.3) is 0 Å². The fourth-order valence-electron chi connectivity index (χ4n) is 1.25. The highest BCUT2D eigenvalue weighted by molar-refractivity contribution is 6.44. The van der Waals surface area contributed by atoms with Crippen LogP contribution < -0.4 is 5.32 Å². The molecular formula is C11H11Cl2N3O4. The van der Waals surface area contributed by atoms with Crippen LogP contribution in [-0.2, 0) is 4.79 Å². The Labute approximate surface area is 124 Å². The first-order chi connectivity index (χ1) is 9.23. The van der Waals surface area contributed by atoms with Crippen molar-refractivity contribution in [2.45, 2.75) is 0 Å². The molecule has 0 aliphatic rings. The molecule has 1 N–H and O–H groups in total. The third kappa shape index (κ3) is 3.82. The lowest BCUT2D eigenvalue weighted by Crippen LogP contribution is -2.36. The smallest absolute Gasteiger partial charge is 0.271 e. The third-order valence-corrected chi connectivity index (χ3v) is 3.17. The first kappa shape index (κ1) is 16.2. The Balaban J connectivity index is 2.98. The van der Waals surface area contributed by atoms with Crippen molar-refractivity contribution in [3.8, 4) is 0 Å². The molecule has 0 aliphatic carbocycles. The molecule has 108 valence electrons. The number of carbonyl (C=O) groups is 2. The van der Waals surface area contributed by atoms with E-state index in [0.29, 0.717) is 0 Å². The van der Waals surface area contributed by atoms with Crippen LogP contribution in [0.4, 0.5) is 5.69 Å². The second-order valence-electron chi connectivity index (χ2n) is 4.02. The van der Waals surface area contributed by atoms with Gasteiger partial charge in [-0.3, -0.25) is 19.7 Å². The Morgan fingerprint density at radius 2 is 1.95 bits per heavy atom. The van der Waals surface area contributed by atoms with Gasteiger partial charge in [-0.25, -0.2) is 0 Å². The van der Waals surface area contributed by atoms with Crippen LogP contribution in [0.3, 0.4) is 0 Å². The molecule has 0 saturated carbocycles. The number of hydrogen-bond acceptors (Lipinski definition) is 4. The number of non-ortho nitro benzene ring substituents is 1. The number of likely N-dealkylation sites (N-methyl/N-ethyl adjacent to an activating group) is 1. The zero-order valence-corrected chi connectivity index (χ0v) is 12.2. The van der Waals surface area contributed by atoms with Crippen molar-refractivity contribution in [1.82, 2.24) is 10.2 Å². The predicted molar refractivity (Wildman–Crippen MR) is 74.1 cm³/mol. The topological polar surface area (TPSA) is 92.6 Å². The number of nitro groups is 1. The fraction of sp³-hybridized carbons (Fsp3) is 0.273. The molecule has 2 amide bonds. The number of nitrogens with one attached hydrogen (secondary N) is 1. The standard InChI is InChI=1S/C11H11Cl2N3O4/c1-15(2)9(17)5-14-11(18)7-3-6(16(19)20)4-8(12)10(7)13/h3-4H,5H2,1-2H3,(H,14,18). The first-order valence-electron chi connectivity index (χ1n) is 5.35. The van der Waals surface area contributed by atoms with E-state index in [0.717, 1.165) is 12.1 Å². The van der Waals surface area contributed by atoms with E-state index >= 15 is 0 Å². The van der Waals surface area contributed by atoms with Gasteiger partial charge in [0.2, 0.25) is 5.91 Å². The summed E-state index contributed by atoms with van der Waals surface area (Å²) in [5.74, 6) is -1.04. The largest absolute Gasteiger partial charge is 0.347 e. The van der Waals surface area contributed by atoms with Gasteiger partial charge < -0.3 is 10.2 Å². The number of nitrogens with zero attached hydrogens (tertiary/aromatic N) is 2. The summed E-state index contributed by atoms with van der Waals surface area (Å²) in [6, 6.07) is 2.05. The van der Waals surface area contributed by atoms with E-state index in [1.165, 1.54) is 19.0 Å². The van der Waals surface area contributed by atoms with Crippen LogP contribution in [0.2, 0.25) is 10.0 Å². The molecule has 1 rings (SSSR count). The van der Waals surface area contributed by atoms with Crippen molar-refractivity contribution in [2.24, 2.45) is 0 Å². The summed E-state index contributed by atoms with van der Waals surface area (Å²) in [5.41, 5.74) is -0.513. The number of nitro benzene ring substituents is 1. The second kappa shape index (κ2) is 6.53. The van der Waals surface area contributed by atoms with Crippen molar-refractivity contribution >= 4 is 40.7 Å². The van der Waals surface area contributed by atoms with Crippen LogP contribution in [0.1, 0.15) is 10.4 Å². The maximum atomic E-state index is 11.9. The molecule has 20 heavy (non-hydrogen) atoms. The molecule has 0 saturated heterocycles. The van der Waals surface area contributed by atoms with Gasteiger partial charge in [-0.1, -0.05) is 23.2 Å². The minimum absolute atomic E-state index is 0.105. The highest BCUT2D eigenvalue weighted by Crippen LogP contribution is 2.30. The molecule has 0 bridgehead atoms. The Morgan fingerprint density at radius 1 is 1.35 bits per heavy atom. The molecule has 0 aliphatic heterocycles. The van der Waals surface area contributed by atoms with Crippen LogP contribution >= 0.6 is 23.2 Å². The maximum absolute atomic E-state index is 11.9. The number of rotatable bonds is 4. The fourth-order valence-corrected chi connectivity index (χ4v) is 1.66. The van der Waals surface area contributed by atoms with Crippen LogP contribution in [0.5, 0.6) is 0 Å². The highest BCUT2D eigenvalue weighted by atomic mass is 35.5. The van der Waals surface area contributed by atoms with Gasteiger partial charge in [0, 0.05) is 26.2 Å². The Morgan fingerprint density at radius 3 is 2.45 bits per heavy atom. The lowest BCUT2D eigenvalue weighted by molar-refractivity contribution is -0.384. The van der Waals surface area contributed by atoms with E-state index < -0.39 is 10.8 Å².